The Bertz CT molecular complexity index is 314. The molecule has 0 bridgehead atoms. The summed E-state index contributed by atoms with van der Waals surface area (Å²) in [6, 6.07) is -0.261. The molecular weight excluding hydrogens is 178 g/mol. The highest BCUT2D eigenvalue weighted by Gasteiger charge is 2.18. The number of nitrogens with two attached hydrogens (primary N) is 1. The van der Waals surface area contributed by atoms with Crippen molar-refractivity contribution in [1.29, 1.82) is 0 Å². The van der Waals surface area contributed by atoms with Crippen LogP contribution in [0.4, 0.5) is 0 Å². The average Bonchev–Trinajstić information content (AvgIpc) is 2.19. The van der Waals surface area contributed by atoms with Gasteiger partial charge in [-0.05, 0) is 25.8 Å². The van der Waals surface area contributed by atoms with Crippen LogP contribution in [0.25, 0.3) is 0 Å². The van der Waals surface area contributed by atoms with Crippen LogP contribution in [0.15, 0.2) is 6.20 Å². The third-order valence-electron chi connectivity index (χ3n) is 2.29. The number of hydrogen-bond acceptors (Lipinski definition) is 4. The fraction of sp³-hybridized carbons (Fsp3) is 0.600. The van der Waals surface area contributed by atoms with Crippen LogP contribution in [0.3, 0.4) is 0 Å². The first-order valence-electron chi connectivity index (χ1n) is 4.80. The van der Waals surface area contributed by atoms with E-state index in [1.54, 1.807) is 13.1 Å². The number of aliphatic hydroxyl groups excluding tert-OH is 1. The fourth-order valence-corrected chi connectivity index (χ4v) is 1.27. The lowest BCUT2D eigenvalue weighted by Gasteiger charge is -2.18. The van der Waals surface area contributed by atoms with Gasteiger partial charge >= 0.3 is 0 Å². The molecule has 0 spiro atoms. The van der Waals surface area contributed by atoms with E-state index in [4.69, 9.17) is 5.73 Å². The van der Waals surface area contributed by atoms with Crippen LogP contribution in [0.5, 0.6) is 0 Å². The van der Waals surface area contributed by atoms with E-state index < -0.39 is 6.10 Å². The number of nitrogens with zero attached hydrogens (tertiary/aromatic N) is 2. The zero-order valence-corrected chi connectivity index (χ0v) is 8.86. The first kappa shape index (κ1) is 11.1. The van der Waals surface area contributed by atoms with E-state index >= 15 is 0 Å². The number of aliphatic hydroxyl groups is 1. The van der Waals surface area contributed by atoms with E-state index in [-0.39, 0.29) is 6.04 Å². The van der Waals surface area contributed by atoms with Crippen molar-refractivity contribution in [1.82, 2.24) is 9.97 Å². The number of aryl methyl sites for hydroxylation is 2. The third kappa shape index (κ3) is 2.27. The Hall–Kier alpha value is -1.00. The molecule has 2 atom stereocenters. The molecule has 78 valence electrons. The molecule has 14 heavy (non-hydrogen) atoms. The average molecular weight is 195 g/mol. The molecule has 0 fully saturated rings. The summed E-state index contributed by atoms with van der Waals surface area (Å²) in [6.45, 7) is 5.62. The molecule has 0 aliphatic rings. The number of rotatable bonds is 3. The normalized spacial score (nSPS) is 15.2. The van der Waals surface area contributed by atoms with Gasteiger partial charge in [-0.2, -0.15) is 0 Å². The molecule has 0 aliphatic carbocycles. The zero-order chi connectivity index (χ0) is 10.7. The van der Waals surface area contributed by atoms with Crippen molar-refractivity contribution < 1.29 is 5.11 Å². The van der Waals surface area contributed by atoms with Crippen molar-refractivity contribution >= 4 is 0 Å². The molecular formula is C10H17N3O. The van der Waals surface area contributed by atoms with Crippen LogP contribution in [0, 0.1) is 13.8 Å². The van der Waals surface area contributed by atoms with E-state index in [0.717, 1.165) is 12.0 Å². The largest absolute Gasteiger partial charge is 0.385 e. The van der Waals surface area contributed by atoms with Crippen molar-refractivity contribution in [2.45, 2.75) is 39.3 Å². The second kappa shape index (κ2) is 4.48. The Morgan fingerprint density at radius 3 is 2.71 bits per heavy atom. The highest BCUT2D eigenvalue weighted by atomic mass is 16.3. The Balaban J connectivity index is 2.99. The van der Waals surface area contributed by atoms with Crippen molar-refractivity contribution in [2.75, 3.05) is 0 Å². The molecule has 0 saturated carbocycles. The lowest BCUT2D eigenvalue weighted by Crippen LogP contribution is -2.28. The molecule has 2 unspecified atom stereocenters. The number of hydrogen-bond donors (Lipinski definition) is 2. The summed E-state index contributed by atoms with van der Waals surface area (Å²) in [4.78, 5) is 8.24. The molecule has 4 heteroatoms. The fourth-order valence-electron chi connectivity index (χ4n) is 1.27. The molecule has 1 heterocycles. The van der Waals surface area contributed by atoms with Gasteiger partial charge < -0.3 is 10.8 Å². The predicted molar refractivity (Wildman–Crippen MR) is 54.7 cm³/mol. The van der Waals surface area contributed by atoms with Crippen LogP contribution in [0.2, 0.25) is 0 Å². The molecule has 0 aromatic carbocycles. The molecule has 0 saturated heterocycles. The van der Waals surface area contributed by atoms with Gasteiger partial charge in [0.1, 0.15) is 11.9 Å². The molecule has 1 rings (SSSR count). The van der Waals surface area contributed by atoms with Gasteiger partial charge in [0.05, 0.1) is 5.69 Å². The third-order valence-corrected chi connectivity index (χ3v) is 2.29. The first-order chi connectivity index (χ1) is 6.56. The maximum Gasteiger partial charge on any atom is 0.125 e. The monoisotopic (exact) mass is 195 g/mol. The van der Waals surface area contributed by atoms with Crippen molar-refractivity contribution in [3.8, 4) is 0 Å². The summed E-state index contributed by atoms with van der Waals surface area (Å²) in [5.41, 5.74) is 7.28. The van der Waals surface area contributed by atoms with Gasteiger partial charge in [-0.3, -0.25) is 0 Å². The Morgan fingerprint density at radius 1 is 1.50 bits per heavy atom. The molecule has 0 radical (unpaired) electrons. The summed E-state index contributed by atoms with van der Waals surface area (Å²) in [6.07, 6.45) is 1.74. The second-order valence-electron chi connectivity index (χ2n) is 3.50. The Morgan fingerprint density at radius 2 is 2.14 bits per heavy atom. The first-order valence-corrected chi connectivity index (χ1v) is 4.80. The minimum atomic E-state index is -0.693. The molecule has 0 aliphatic heterocycles. The van der Waals surface area contributed by atoms with Gasteiger partial charge in [0, 0.05) is 12.2 Å². The standard InChI is InChI=1S/C10H17N3O/c1-4-8(11)10(14)9-6(2)5-12-7(3)13-9/h5,8,10,14H,4,11H2,1-3H3. The highest BCUT2D eigenvalue weighted by Crippen LogP contribution is 2.18. The van der Waals surface area contributed by atoms with Crippen LogP contribution in [-0.2, 0) is 0 Å². The summed E-state index contributed by atoms with van der Waals surface area (Å²) in [5, 5.41) is 9.88. The molecule has 4 nitrogen and oxygen atoms in total. The van der Waals surface area contributed by atoms with E-state index in [1.165, 1.54) is 0 Å². The van der Waals surface area contributed by atoms with Crippen LogP contribution < -0.4 is 5.73 Å². The molecule has 0 amide bonds. The predicted octanol–water partition coefficient (Wildman–Crippen LogP) is 0.864. The summed E-state index contributed by atoms with van der Waals surface area (Å²) in [5.74, 6) is 0.660. The minimum Gasteiger partial charge on any atom is -0.385 e. The SMILES string of the molecule is CCC(N)C(O)c1nc(C)ncc1C. The van der Waals surface area contributed by atoms with E-state index in [0.29, 0.717) is 11.5 Å². The lowest BCUT2D eigenvalue weighted by atomic mass is 10.0. The summed E-state index contributed by atoms with van der Waals surface area (Å²) in [7, 11) is 0. The maximum absolute atomic E-state index is 9.88. The quantitative estimate of drug-likeness (QED) is 0.750. The molecule has 1 aromatic rings. The van der Waals surface area contributed by atoms with Crippen molar-refractivity contribution in [3.63, 3.8) is 0 Å². The zero-order valence-electron chi connectivity index (χ0n) is 8.86. The van der Waals surface area contributed by atoms with E-state index in [2.05, 4.69) is 9.97 Å². The maximum atomic E-state index is 9.88. The smallest absolute Gasteiger partial charge is 0.125 e. The van der Waals surface area contributed by atoms with Crippen LogP contribution >= 0.6 is 0 Å². The van der Waals surface area contributed by atoms with E-state index in [1.807, 2.05) is 13.8 Å². The summed E-state index contributed by atoms with van der Waals surface area (Å²) >= 11 is 0. The van der Waals surface area contributed by atoms with Gasteiger partial charge in [0.2, 0.25) is 0 Å². The Labute approximate surface area is 84.2 Å². The Kier molecular flexibility index (Phi) is 3.55. The lowest BCUT2D eigenvalue weighted by molar-refractivity contribution is 0.139. The molecule has 3 N–H and O–H groups in total. The van der Waals surface area contributed by atoms with E-state index in [9.17, 15) is 5.11 Å². The van der Waals surface area contributed by atoms with Gasteiger partial charge in [-0.25, -0.2) is 9.97 Å². The minimum absolute atomic E-state index is 0.261. The molecule has 1 aromatic heterocycles. The van der Waals surface area contributed by atoms with Gasteiger partial charge in [0.15, 0.2) is 0 Å². The summed E-state index contributed by atoms with van der Waals surface area (Å²) < 4.78 is 0. The van der Waals surface area contributed by atoms with Crippen LogP contribution in [-0.4, -0.2) is 21.1 Å². The van der Waals surface area contributed by atoms with Crippen molar-refractivity contribution in [2.24, 2.45) is 5.73 Å². The highest BCUT2D eigenvalue weighted by molar-refractivity contribution is 5.19. The van der Waals surface area contributed by atoms with Gasteiger partial charge in [-0.1, -0.05) is 6.92 Å². The van der Waals surface area contributed by atoms with Gasteiger partial charge in [0.25, 0.3) is 0 Å². The van der Waals surface area contributed by atoms with Crippen molar-refractivity contribution in [3.05, 3.63) is 23.3 Å². The number of aromatic nitrogens is 2. The van der Waals surface area contributed by atoms with Crippen LogP contribution in [0.1, 0.15) is 36.5 Å². The topological polar surface area (TPSA) is 72.0 Å². The second-order valence-corrected chi connectivity index (χ2v) is 3.50. The van der Waals surface area contributed by atoms with Gasteiger partial charge in [-0.15, -0.1) is 0 Å².